The van der Waals surface area contributed by atoms with Crippen molar-refractivity contribution in [1.82, 2.24) is 9.80 Å². The van der Waals surface area contributed by atoms with Gasteiger partial charge in [0.25, 0.3) is 0 Å². The molecule has 2 fully saturated rings. The van der Waals surface area contributed by atoms with Crippen LogP contribution in [-0.4, -0.2) is 71.4 Å². The van der Waals surface area contributed by atoms with Crippen molar-refractivity contribution in [3.63, 3.8) is 0 Å². The number of ether oxygens (including phenoxy) is 1. The van der Waals surface area contributed by atoms with E-state index in [1.54, 1.807) is 24.3 Å². The van der Waals surface area contributed by atoms with Gasteiger partial charge in [-0.05, 0) is 55.5 Å². The number of hydrogen-bond donors (Lipinski definition) is 2. The van der Waals surface area contributed by atoms with E-state index in [9.17, 15) is 15.0 Å². The maximum Gasteiger partial charge on any atom is 0.246 e. The number of carbonyl (C=O) groups excluding carboxylic acids is 1. The van der Waals surface area contributed by atoms with Crippen LogP contribution in [0, 0.1) is 0 Å². The standard InChI is InChI=1S/C27H33ClN2O4/c28-23-10-8-22(9-11-23)27(33)13-17-29(18-14-27)19-24(31)20-34-25-6-2-1-5-21(25)7-12-26(32)30-15-3-4-16-30/h1-2,5-12,24,31,33H,3-4,13-20H2. The van der Waals surface area contributed by atoms with Gasteiger partial charge in [0.05, 0.1) is 5.60 Å². The zero-order valence-electron chi connectivity index (χ0n) is 19.4. The zero-order chi connectivity index (χ0) is 24.0. The number of piperidine rings is 1. The summed E-state index contributed by atoms with van der Waals surface area (Å²) in [6, 6.07) is 14.9. The van der Waals surface area contributed by atoms with Crippen LogP contribution in [0.1, 0.15) is 36.8 Å². The molecule has 2 heterocycles. The minimum absolute atomic E-state index is 0.0241. The molecule has 0 spiro atoms. The number of rotatable bonds is 8. The lowest BCUT2D eigenvalue weighted by Gasteiger charge is -2.39. The molecular formula is C27H33ClN2O4. The molecule has 2 aromatic rings. The van der Waals surface area contributed by atoms with Gasteiger partial charge in [0.2, 0.25) is 5.91 Å². The summed E-state index contributed by atoms with van der Waals surface area (Å²) in [7, 11) is 0. The number of hydrogen-bond acceptors (Lipinski definition) is 5. The highest BCUT2D eigenvalue weighted by Gasteiger charge is 2.34. The van der Waals surface area contributed by atoms with Gasteiger partial charge in [0, 0.05) is 49.4 Å². The number of para-hydroxylation sites is 1. The first-order valence-corrected chi connectivity index (χ1v) is 12.4. The Bertz CT molecular complexity index is 980. The molecular weight excluding hydrogens is 452 g/mol. The minimum Gasteiger partial charge on any atom is -0.490 e. The molecule has 2 saturated heterocycles. The number of nitrogens with zero attached hydrogens (tertiary/aromatic N) is 2. The summed E-state index contributed by atoms with van der Waals surface area (Å²) in [6.07, 6.45) is 6.04. The van der Waals surface area contributed by atoms with Crippen LogP contribution in [0.4, 0.5) is 0 Å². The van der Waals surface area contributed by atoms with Crippen molar-refractivity contribution >= 4 is 23.6 Å². The Balaban J connectivity index is 1.26. The normalized spacial score (nSPS) is 19.4. The minimum atomic E-state index is -0.861. The lowest BCUT2D eigenvalue weighted by atomic mass is 9.84. The number of aliphatic hydroxyl groups excluding tert-OH is 1. The maximum atomic E-state index is 12.3. The highest BCUT2D eigenvalue weighted by Crippen LogP contribution is 2.33. The topological polar surface area (TPSA) is 73.2 Å². The average molecular weight is 485 g/mol. The summed E-state index contributed by atoms with van der Waals surface area (Å²) in [5, 5.41) is 22.3. The highest BCUT2D eigenvalue weighted by atomic mass is 35.5. The molecule has 182 valence electrons. The Morgan fingerprint density at radius 2 is 1.74 bits per heavy atom. The largest absolute Gasteiger partial charge is 0.490 e. The number of halogens is 1. The number of amides is 1. The summed E-state index contributed by atoms with van der Waals surface area (Å²) >= 11 is 5.97. The summed E-state index contributed by atoms with van der Waals surface area (Å²) in [6.45, 7) is 3.65. The van der Waals surface area contributed by atoms with Gasteiger partial charge in [-0.25, -0.2) is 0 Å². The van der Waals surface area contributed by atoms with E-state index in [0.717, 1.165) is 37.1 Å². The van der Waals surface area contributed by atoms with Gasteiger partial charge in [-0.1, -0.05) is 41.9 Å². The molecule has 0 bridgehead atoms. The van der Waals surface area contributed by atoms with E-state index in [2.05, 4.69) is 4.90 Å². The molecule has 2 aliphatic heterocycles. The van der Waals surface area contributed by atoms with E-state index < -0.39 is 11.7 Å². The number of benzene rings is 2. The molecule has 7 heteroatoms. The molecule has 0 aromatic heterocycles. The fourth-order valence-electron chi connectivity index (χ4n) is 4.64. The van der Waals surface area contributed by atoms with Crippen molar-refractivity contribution < 1.29 is 19.7 Å². The van der Waals surface area contributed by atoms with Gasteiger partial charge in [0.15, 0.2) is 0 Å². The molecule has 2 N–H and O–H groups in total. The van der Waals surface area contributed by atoms with Crippen molar-refractivity contribution in [3.8, 4) is 5.75 Å². The molecule has 1 atom stereocenters. The highest BCUT2D eigenvalue weighted by molar-refractivity contribution is 6.30. The van der Waals surface area contributed by atoms with Gasteiger partial charge >= 0.3 is 0 Å². The van der Waals surface area contributed by atoms with Crippen LogP contribution >= 0.6 is 11.6 Å². The van der Waals surface area contributed by atoms with Crippen molar-refractivity contribution in [3.05, 3.63) is 70.8 Å². The maximum absolute atomic E-state index is 12.3. The van der Waals surface area contributed by atoms with Crippen LogP contribution in [-0.2, 0) is 10.4 Å². The van der Waals surface area contributed by atoms with E-state index in [4.69, 9.17) is 16.3 Å². The lowest BCUT2D eigenvalue weighted by molar-refractivity contribution is -0.124. The molecule has 0 aliphatic carbocycles. The number of carbonyl (C=O) groups is 1. The smallest absolute Gasteiger partial charge is 0.246 e. The number of β-amino-alcohol motifs (C(OH)–C–C–N with tert-alkyl or cyclic N) is 1. The first-order chi connectivity index (χ1) is 16.4. The Kier molecular flexibility index (Phi) is 8.27. The van der Waals surface area contributed by atoms with Crippen LogP contribution in [0.5, 0.6) is 5.75 Å². The van der Waals surface area contributed by atoms with Gasteiger partial charge < -0.3 is 24.7 Å². The molecule has 2 aliphatic rings. The van der Waals surface area contributed by atoms with Crippen LogP contribution in [0.3, 0.4) is 0 Å². The van der Waals surface area contributed by atoms with Crippen molar-refractivity contribution in [1.29, 1.82) is 0 Å². The van der Waals surface area contributed by atoms with Crippen LogP contribution < -0.4 is 4.74 Å². The summed E-state index contributed by atoms with van der Waals surface area (Å²) in [5.74, 6) is 0.666. The third kappa shape index (κ3) is 6.39. The molecule has 34 heavy (non-hydrogen) atoms. The molecule has 6 nitrogen and oxygen atoms in total. The second-order valence-corrected chi connectivity index (χ2v) is 9.64. The van der Waals surface area contributed by atoms with E-state index in [-0.39, 0.29) is 12.5 Å². The predicted octanol–water partition coefficient (Wildman–Crippen LogP) is 3.70. The summed E-state index contributed by atoms with van der Waals surface area (Å²) in [4.78, 5) is 16.3. The van der Waals surface area contributed by atoms with Crippen LogP contribution in [0.25, 0.3) is 6.08 Å². The monoisotopic (exact) mass is 484 g/mol. The lowest BCUT2D eigenvalue weighted by Crippen LogP contribution is -2.46. The van der Waals surface area contributed by atoms with Gasteiger partial charge in [-0.15, -0.1) is 0 Å². The number of aliphatic hydroxyl groups is 2. The summed E-state index contributed by atoms with van der Waals surface area (Å²) < 4.78 is 5.91. The van der Waals surface area contributed by atoms with Crippen molar-refractivity contribution in [2.45, 2.75) is 37.4 Å². The van der Waals surface area contributed by atoms with Gasteiger partial charge in [-0.3, -0.25) is 4.79 Å². The van der Waals surface area contributed by atoms with E-state index in [0.29, 0.717) is 43.2 Å². The SMILES string of the molecule is O=C(C=Cc1ccccc1OCC(O)CN1CCC(O)(c2ccc(Cl)cc2)CC1)N1CCCC1. The molecule has 2 aromatic carbocycles. The van der Waals surface area contributed by atoms with E-state index in [1.807, 2.05) is 41.3 Å². The number of likely N-dealkylation sites (tertiary alicyclic amines) is 2. The Hall–Kier alpha value is -2.38. The van der Waals surface area contributed by atoms with Crippen molar-refractivity contribution in [2.24, 2.45) is 0 Å². The molecule has 0 saturated carbocycles. The quantitative estimate of drug-likeness (QED) is 0.559. The third-order valence-electron chi connectivity index (χ3n) is 6.71. The Morgan fingerprint density at radius 3 is 2.44 bits per heavy atom. The first kappa shape index (κ1) is 24.7. The first-order valence-electron chi connectivity index (χ1n) is 12.0. The second-order valence-electron chi connectivity index (χ2n) is 9.21. The van der Waals surface area contributed by atoms with Crippen LogP contribution in [0.15, 0.2) is 54.6 Å². The second kappa shape index (κ2) is 11.4. The predicted molar refractivity (Wildman–Crippen MR) is 134 cm³/mol. The van der Waals surface area contributed by atoms with E-state index >= 15 is 0 Å². The fraction of sp³-hybridized carbons (Fsp3) is 0.444. The molecule has 1 amide bonds. The molecule has 4 rings (SSSR count). The summed E-state index contributed by atoms with van der Waals surface area (Å²) in [5.41, 5.74) is 0.835. The van der Waals surface area contributed by atoms with Gasteiger partial charge in [-0.2, -0.15) is 0 Å². The Morgan fingerprint density at radius 1 is 1.06 bits per heavy atom. The van der Waals surface area contributed by atoms with Crippen LogP contribution in [0.2, 0.25) is 5.02 Å². The average Bonchev–Trinajstić information content (AvgIpc) is 3.39. The van der Waals surface area contributed by atoms with Gasteiger partial charge in [0.1, 0.15) is 18.5 Å². The fourth-order valence-corrected chi connectivity index (χ4v) is 4.77. The zero-order valence-corrected chi connectivity index (χ0v) is 20.2. The molecule has 1 unspecified atom stereocenters. The Labute approximate surface area is 206 Å². The third-order valence-corrected chi connectivity index (χ3v) is 6.96. The molecule has 0 radical (unpaired) electrons. The van der Waals surface area contributed by atoms with Crippen molar-refractivity contribution in [2.75, 3.05) is 39.3 Å². The van der Waals surface area contributed by atoms with E-state index in [1.165, 1.54) is 0 Å².